The van der Waals surface area contributed by atoms with Crippen LogP contribution in [-0.4, -0.2) is 67.2 Å². The Morgan fingerprint density at radius 3 is 2.26 bits per heavy atom. The fourth-order valence-electron chi connectivity index (χ4n) is 3.58. The number of piperazine rings is 1. The Balaban J connectivity index is 1.31. The van der Waals surface area contributed by atoms with Gasteiger partial charge in [-0.25, -0.2) is 9.59 Å². The first-order valence-corrected chi connectivity index (χ1v) is 10.5. The van der Waals surface area contributed by atoms with Gasteiger partial charge in [0.15, 0.2) is 0 Å². The SMILES string of the molecule is Cc1ccc(NC(=O)N2CCN(C(=O)c3ccc(N4CCOC4=O)cc3)CC2)cc1Cl. The van der Waals surface area contributed by atoms with Crippen LogP contribution in [0.1, 0.15) is 15.9 Å². The Labute approximate surface area is 185 Å². The van der Waals surface area contributed by atoms with Crippen LogP contribution in [0.2, 0.25) is 5.02 Å². The predicted molar refractivity (Wildman–Crippen MR) is 118 cm³/mol. The van der Waals surface area contributed by atoms with E-state index < -0.39 is 0 Å². The monoisotopic (exact) mass is 442 g/mol. The summed E-state index contributed by atoms with van der Waals surface area (Å²) in [6, 6.07) is 12.1. The smallest absolute Gasteiger partial charge is 0.414 e. The minimum atomic E-state index is -0.374. The number of amides is 4. The van der Waals surface area contributed by atoms with E-state index in [2.05, 4.69) is 5.32 Å². The summed E-state index contributed by atoms with van der Waals surface area (Å²) in [5.74, 6) is -0.0964. The van der Waals surface area contributed by atoms with Gasteiger partial charge in [0.25, 0.3) is 5.91 Å². The summed E-state index contributed by atoms with van der Waals surface area (Å²) in [6.07, 6.45) is -0.374. The molecular weight excluding hydrogens is 420 g/mol. The van der Waals surface area contributed by atoms with Gasteiger partial charge >= 0.3 is 12.1 Å². The normalized spacial score (nSPS) is 16.3. The third kappa shape index (κ3) is 4.59. The quantitative estimate of drug-likeness (QED) is 0.787. The fourth-order valence-corrected chi connectivity index (χ4v) is 3.76. The molecule has 2 aromatic rings. The van der Waals surface area contributed by atoms with E-state index in [4.69, 9.17) is 16.3 Å². The maximum absolute atomic E-state index is 12.8. The molecule has 0 atom stereocenters. The topological polar surface area (TPSA) is 82.2 Å². The molecular formula is C22H23ClN4O4. The van der Waals surface area contributed by atoms with Crippen LogP contribution in [0.25, 0.3) is 0 Å². The molecule has 2 heterocycles. The maximum Gasteiger partial charge on any atom is 0.414 e. The van der Waals surface area contributed by atoms with Crippen molar-refractivity contribution in [2.45, 2.75) is 6.92 Å². The first-order chi connectivity index (χ1) is 14.9. The van der Waals surface area contributed by atoms with E-state index in [1.165, 1.54) is 4.90 Å². The highest BCUT2D eigenvalue weighted by Gasteiger charge is 2.26. The Hall–Kier alpha value is -3.26. The summed E-state index contributed by atoms with van der Waals surface area (Å²) in [5.41, 5.74) is 2.83. The van der Waals surface area contributed by atoms with Crippen molar-refractivity contribution in [1.29, 1.82) is 0 Å². The number of rotatable bonds is 3. The number of benzene rings is 2. The summed E-state index contributed by atoms with van der Waals surface area (Å²) in [7, 11) is 0. The number of anilines is 2. The molecule has 2 fully saturated rings. The molecule has 2 aliphatic heterocycles. The van der Waals surface area contributed by atoms with E-state index in [0.717, 1.165) is 5.56 Å². The van der Waals surface area contributed by atoms with Crippen molar-refractivity contribution >= 4 is 41.0 Å². The van der Waals surface area contributed by atoms with E-state index in [0.29, 0.717) is 61.3 Å². The molecule has 1 N–H and O–H groups in total. The molecule has 4 rings (SSSR count). The highest BCUT2D eigenvalue weighted by molar-refractivity contribution is 6.31. The van der Waals surface area contributed by atoms with Gasteiger partial charge in [-0.15, -0.1) is 0 Å². The van der Waals surface area contributed by atoms with Gasteiger partial charge in [-0.2, -0.15) is 0 Å². The zero-order valence-electron chi connectivity index (χ0n) is 17.1. The molecule has 0 spiro atoms. The number of cyclic esters (lactones) is 1. The molecule has 31 heavy (non-hydrogen) atoms. The molecule has 9 heteroatoms. The predicted octanol–water partition coefficient (Wildman–Crippen LogP) is 3.59. The summed E-state index contributed by atoms with van der Waals surface area (Å²) in [5, 5.41) is 3.45. The second kappa shape index (κ2) is 8.85. The van der Waals surface area contributed by atoms with Gasteiger partial charge in [0, 0.05) is 48.1 Å². The van der Waals surface area contributed by atoms with Crippen molar-refractivity contribution in [2.24, 2.45) is 0 Å². The number of nitrogens with one attached hydrogen (secondary N) is 1. The molecule has 0 bridgehead atoms. The summed E-state index contributed by atoms with van der Waals surface area (Å²) < 4.78 is 4.94. The van der Waals surface area contributed by atoms with Crippen LogP contribution >= 0.6 is 11.6 Å². The number of hydrogen-bond donors (Lipinski definition) is 1. The zero-order chi connectivity index (χ0) is 22.0. The Kier molecular flexibility index (Phi) is 5.99. The lowest BCUT2D eigenvalue weighted by Gasteiger charge is -2.34. The van der Waals surface area contributed by atoms with Gasteiger partial charge in [0.2, 0.25) is 0 Å². The molecule has 162 valence electrons. The summed E-state index contributed by atoms with van der Waals surface area (Å²) in [4.78, 5) is 41.9. The lowest BCUT2D eigenvalue weighted by Crippen LogP contribution is -2.51. The average molecular weight is 443 g/mol. The number of carbonyl (C=O) groups is 3. The molecule has 2 saturated heterocycles. The zero-order valence-corrected chi connectivity index (χ0v) is 17.9. The van der Waals surface area contributed by atoms with Gasteiger partial charge in [0.1, 0.15) is 6.61 Å². The largest absolute Gasteiger partial charge is 0.447 e. The standard InChI is InChI=1S/C22H23ClN4O4/c1-15-2-5-17(14-19(15)23)24-21(29)26-10-8-25(9-11-26)20(28)16-3-6-18(7-4-16)27-12-13-31-22(27)30/h2-7,14H,8-13H2,1H3,(H,24,29). The first kappa shape index (κ1) is 21.0. The number of hydrogen-bond acceptors (Lipinski definition) is 4. The van der Waals surface area contributed by atoms with Crippen LogP contribution in [0, 0.1) is 6.92 Å². The number of urea groups is 1. The van der Waals surface area contributed by atoms with Gasteiger partial charge in [-0.05, 0) is 48.9 Å². The van der Waals surface area contributed by atoms with Crippen LogP contribution in [0.4, 0.5) is 21.0 Å². The number of aryl methyl sites for hydroxylation is 1. The molecule has 0 radical (unpaired) electrons. The molecule has 2 aromatic carbocycles. The number of ether oxygens (including phenoxy) is 1. The van der Waals surface area contributed by atoms with Crippen molar-refractivity contribution in [3.8, 4) is 0 Å². The Morgan fingerprint density at radius 1 is 0.968 bits per heavy atom. The average Bonchev–Trinajstić information content (AvgIpc) is 3.22. The number of carbonyl (C=O) groups excluding carboxylic acids is 3. The second-order valence-electron chi connectivity index (χ2n) is 7.49. The third-order valence-electron chi connectivity index (χ3n) is 5.46. The lowest BCUT2D eigenvalue weighted by atomic mass is 10.1. The Bertz CT molecular complexity index is 1000. The second-order valence-corrected chi connectivity index (χ2v) is 7.89. The first-order valence-electron chi connectivity index (χ1n) is 10.1. The van der Waals surface area contributed by atoms with E-state index >= 15 is 0 Å². The molecule has 2 aliphatic rings. The van der Waals surface area contributed by atoms with Crippen LogP contribution in [0.3, 0.4) is 0 Å². The van der Waals surface area contributed by atoms with Crippen molar-refractivity contribution in [3.63, 3.8) is 0 Å². The van der Waals surface area contributed by atoms with Crippen LogP contribution in [0.15, 0.2) is 42.5 Å². The Morgan fingerprint density at radius 2 is 1.65 bits per heavy atom. The number of nitrogens with zero attached hydrogens (tertiary/aromatic N) is 3. The lowest BCUT2D eigenvalue weighted by molar-refractivity contribution is 0.0671. The molecule has 0 aliphatic carbocycles. The van der Waals surface area contributed by atoms with Crippen molar-refractivity contribution < 1.29 is 19.1 Å². The van der Waals surface area contributed by atoms with Crippen LogP contribution < -0.4 is 10.2 Å². The van der Waals surface area contributed by atoms with Gasteiger partial charge in [0.05, 0.1) is 6.54 Å². The van der Waals surface area contributed by atoms with Gasteiger partial charge in [-0.1, -0.05) is 17.7 Å². The number of halogens is 1. The molecule has 8 nitrogen and oxygen atoms in total. The van der Waals surface area contributed by atoms with Crippen molar-refractivity contribution in [2.75, 3.05) is 49.5 Å². The van der Waals surface area contributed by atoms with Crippen LogP contribution in [0.5, 0.6) is 0 Å². The highest BCUT2D eigenvalue weighted by atomic mass is 35.5. The van der Waals surface area contributed by atoms with E-state index in [-0.39, 0.29) is 18.0 Å². The van der Waals surface area contributed by atoms with Crippen molar-refractivity contribution in [3.05, 3.63) is 58.6 Å². The molecule has 0 aromatic heterocycles. The molecule has 0 unspecified atom stereocenters. The van der Waals surface area contributed by atoms with E-state index in [1.807, 2.05) is 19.1 Å². The molecule has 0 saturated carbocycles. The van der Waals surface area contributed by atoms with Crippen molar-refractivity contribution in [1.82, 2.24) is 9.80 Å². The van der Waals surface area contributed by atoms with Gasteiger partial charge < -0.3 is 19.9 Å². The maximum atomic E-state index is 12.8. The highest BCUT2D eigenvalue weighted by Crippen LogP contribution is 2.22. The van der Waals surface area contributed by atoms with Gasteiger partial charge in [-0.3, -0.25) is 9.69 Å². The third-order valence-corrected chi connectivity index (χ3v) is 5.87. The van der Waals surface area contributed by atoms with E-state index in [1.54, 1.807) is 40.1 Å². The van der Waals surface area contributed by atoms with Crippen LogP contribution in [-0.2, 0) is 4.74 Å². The minimum Gasteiger partial charge on any atom is -0.447 e. The summed E-state index contributed by atoms with van der Waals surface area (Å²) >= 11 is 6.11. The molecule has 4 amide bonds. The minimum absolute atomic E-state index is 0.0964. The van der Waals surface area contributed by atoms with E-state index in [9.17, 15) is 14.4 Å². The summed E-state index contributed by atoms with van der Waals surface area (Å²) in [6.45, 7) is 4.54. The fraction of sp³-hybridized carbons (Fsp3) is 0.318.